The first kappa shape index (κ1) is 13.6. The molecule has 4 heteroatoms. The molecule has 1 N–H and O–H groups in total. The lowest BCUT2D eigenvalue weighted by molar-refractivity contribution is 0.457. The Bertz CT molecular complexity index is 466. The minimum Gasteiger partial charge on any atom is -0.367 e. The molecule has 3 nitrogen and oxygen atoms in total. The molecule has 1 aromatic rings. The van der Waals surface area contributed by atoms with Gasteiger partial charge in [0.25, 0.3) is 0 Å². The van der Waals surface area contributed by atoms with Gasteiger partial charge in [-0.2, -0.15) is 0 Å². The van der Waals surface area contributed by atoms with Crippen molar-refractivity contribution >= 4 is 17.4 Å². The van der Waals surface area contributed by atoms with E-state index < -0.39 is 0 Å². The summed E-state index contributed by atoms with van der Waals surface area (Å²) < 4.78 is 0. The van der Waals surface area contributed by atoms with E-state index in [9.17, 15) is 0 Å². The van der Waals surface area contributed by atoms with E-state index >= 15 is 0 Å². The van der Waals surface area contributed by atoms with Gasteiger partial charge in [0.15, 0.2) is 11.0 Å². The maximum absolute atomic E-state index is 6.11. The standard InChI is InChI=1S/C14H22ClN3/c1-8-9(2)18-12(11(15)17-8)16-7-10-13(3,4)14(10,5)6/h10H,7H2,1-6H3,(H,16,18). The molecular formula is C14H22ClN3. The Morgan fingerprint density at radius 1 is 1.06 bits per heavy atom. The number of halogens is 1. The van der Waals surface area contributed by atoms with Crippen LogP contribution in [0.3, 0.4) is 0 Å². The molecule has 0 amide bonds. The summed E-state index contributed by atoms with van der Waals surface area (Å²) in [6.45, 7) is 14.0. The van der Waals surface area contributed by atoms with E-state index in [1.165, 1.54) is 0 Å². The zero-order chi connectivity index (χ0) is 13.7. The van der Waals surface area contributed by atoms with E-state index in [2.05, 4.69) is 43.0 Å². The van der Waals surface area contributed by atoms with Crippen molar-refractivity contribution < 1.29 is 0 Å². The van der Waals surface area contributed by atoms with Crippen LogP contribution in [0, 0.1) is 30.6 Å². The highest BCUT2D eigenvalue weighted by Gasteiger charge is 2.64. The van der Waals surface area contributed by atoms with Crippen molar-refractivity contribution in [1.29, 1.82) is 0 Å². The fourth-order valence-electron chi connectivity index (χ4n) is 2.73. The van der Waals surface area contributed by atoms with Gasteiger partial charge in [0, 0.05) is 6.54 Å². The van der Waals surface area contributed by atoms with Crippen LogP contribution in [0.1, 0.15) is 39.1 Å². The minimum atomic E-state index is 0.375. The molecule has 0 aromatic carbocycles. The summed E-state index contributed by atoms with van der Waals surface area (Å²) in [7, 11) is 0. The Hall–Kier alpha value is -0.830. The number of aryl methyl sites for hydroxylation is 2. The van der Waals surface area contributed by atoms with Gasteiger partial charge >= 0.3 is 0 Å². The molecule has 0 atom stereocenters. The number of aromatic nitrogens is 2. The third-order valence-electron chi connectivity index (χ3n) is 5.06. The molecule has 100 valence electrons. The normalized spacial score (nSPS) is 20.8. The number of rotatable bonds is 3. The van der Waals surface area contributed by atoms with Gasteiger partial charge in [0.05, 0.1) is 11.4 Å². The van der Waals surface area contributed by atoms with Gasteiger partial charge in [0.2, 0.25) is 0 Å². The first-order valence-electron chi connectivity index (χ1n) is 6.42. The highest BCUT2D eigenvalue weighted by molar-refractivity contribution is 6.31. The Balaban J connectivity index is 2.07. The lowest BCUT2D eigenvalue weighted by atomic mass is 10.0. The largest absolute Gasteiger partial charge is 0.367 e. The van der Waals surface area contributed by atoms with Crippen molar-refractivity contribution in [3.8, 4) is 0 Å². The van der Waals surface area contributed by atoms with Crippen LogP contribution < -0.4 is 5.32 Å². The molecular weight excluding hydrogens is 246 g/mol. The highest BCUT2D eigenvalue weighted by Crippen LogP contribution is 2.68. The van der Waals surface area contributed by atoms with Crippen LogP contribution in [0.5, 0.6) is 0 Å². The average molecular weight is 268 g/mol. The summed E-state index contributed by atoms with van der Waals surface area (Å²) in [5.74, 6) is 1.35. The van der Waals surface area contributed by atoms with Gasteiger partial charge in [-0.15, -0.1) is 0 Å². The summed E-state index contributed by atoms with van der Waals surface area (Å²) in [5, 5.41) is 3.82. The molecule has 1 aliphatic carbocycles. The number of nitrogens with one attached hydrogen (secondary N) is 1. The second-order valence-electron chi connectivity index (χ2n) is 6.41. The maximum atomic E-state index is 6.11. The van der Waals surface area contributed by atoms with Crippen molar-refractivity contribution in [2.75, 3.05) is 11.9 Å². The van der Waals surface area contributed by atoms with Gasteiger partial charge in [-0.3, -0.25) is 0 Å². The fraction of sp³-hybridized carbons (Fsp3) is 0.714. The Labute approximate surface area is 114 Å². The summed E-state index contributed by atoms with van der Waals surface area (Å²) in [5.41, 5.74) is 2.56. The smallest absolute Gasteiger partial charge is 0.171 e. The van der Waals surface area contributed by atoms with Crippen LogP contribution in [-0.4, -0.2) is 16.5 Å². The second-order valence-corrected chi connectivity index (χ2v) is 6.77. The second kappa shape index (κ2) is 4.09. The molecule has 0 aliphatic heterocycles. The SMILES string of the molecule is Cc1nc(Cl)c(NCC2C(C)(C)C2(C)C)nc1C. The molecule has 1 aromatic heterocycles. The topological polar surface area (TPSA) is 37.8 Å². The van der Waals surface area contributed by atoms with E-state index in [4.69, 9.17) is 11.6 Å². The van der Waals surface area contributed by atoms with Crippen molar-refractivity contribution in [1.82, 2.24) is 9.97 Å². The minimum absolute atomic E-state index is 0.375. The Kier molecular flexibility index (Phi) is 3.09. The summed E-state index contributed by atoms with van der Waals surface area (Å²) in [6, 6.07) is 0. The monoisotopic (exact) mass is 267 g/mol. The lowest BCUT2D eigenvalue weighted by Crippen LogP contribution is -2.11. The van der Waals surface area contributed by atoms with Crippen molar-refractivity contribution in [2.24, 2.45) is 16.7 Å². The van der Waals surface area contributed by atoms with Crippen LogP contribution in [0.15, 0.2) is 0 Å². The number of anilines is 1. The zero-order valence-corrected chi connectivity index (χ0v) is 12.8. The van der Waals surface area contributed by atoms with E-state index in [1.54, 1.807) is 0 Å². The van der Waals surface area contributed by atoms with Gasteiger partial charge in [-0.1, -0.05) is 39.3 Å². The van der Waals surface area contributed by atoms with Crippen molar-refractivity contribution in [3.05, 3.63) is 16.5 Å². The summed E-state index contributed by atoms with van der Waals surface area (Å²) >= 11 is 6.11. The molecule has 1 aliphatic rings. The lowest BCUT2D eigenvalue weighted by Gasteiger charge is -2.10. The third kappa shape index (κ3) is 1.99. The van der Waals surface area contributed by atoms with E-state index in [1.807, 2.05) is 13.8 Å². The predicted octanol–water partition coefficient (Wildman–Crippen LogP) is 3.84. The summed E-state index contributed by atoms with van der Waals surface area (Å²) in [4.78, 5) is 8.75. The van der Waals surface area contributed by atoms with E-state index in [0.717, 1.165) is 17.9 Å². The van der Waals surface area contributed by atoms with Gasteiger partial charge in [-0.05, 0) is 30.6 Å². The number of hydrogen-bond donors (Lipinski definition) is 1. The zero-order valence-electron chi connectivity index (χ0n) is 12.1. The van der Waals surface area contributed by atoms with E-state index in [-0.39, 0.29) is 0 Å². The molecule has 0 unspecified atom stereocenters. The first-order chi connectivity index (χ1) is 8.18. The Morgan fingerprint density at radius 3 is 2.06 bits per heavy atom. The molecule has 0 bridgehead atoms. The van der Waals surface area contributed by atoms with Gasteiger partial charge < -0.3 is 5.32 Å². The molecule has 0 spiro atoms. The van der Waals surface area contributed by atoms with E-state index in [0.29, 0.717) is 27.7 Å². The van der Waals surface area contributed by atoms with Crippen LogP contribution >= 0.6 is 11.6 Å². The highest BCUT2D eigenvalue weighted by atomic mass is 35.5. The molecule has 1 fully saturated rings. The third-order valence-corrected chi connectivity index (χ3v) is 5.32. The fourth-order valence-corrected chi connectivity index (χ4v) is 2.97. The predicted molar refractivity (Wildman–Crippen MR) is 76.1 cm³/mol. The molecule has 2 rings (SSSR count). The quantitative estimate of drug-likeness (QED) is 0.904. The number of nitrogens with zero attached hydrogens (tertiary/aromatic N) is 2. The maximum Gasteiger partial charge on any atom is 0.171 e. The molecule has 1 heterocycles. The average Bonchev–Trinajstić information content (AvgIpc) is 2.62. The molecule has 18 heavy (non-hydrogen) atoms. The van der Waals surface area contributed by atoms with Crippen molar-refractivity contribution in [2.45, 2.75) is 41.5 Å². The molecule has 1 saturated carbocycles. The van der Waals surface area contributed by atoms with Crippen LogP contribution in [0.2, 0.25) is 5.15 Å². The van der Waals surface area contributed by atoms with Gasteiger partial charge in [0.1, 0.15) is 0 Å². The first-order valence-corrected chi connectivity index (χ1v) is 6.80. The van der Waals surface area contributed by atoms with Crippen LogP contribution in [-0.2, 0) is 0 Å². The number of hydrogen-bond acceptors (Lipinski definition) is 3. The van der Waals surface area contributed by atoms with Crippen LogP contribution in [0.4, 0.5) is 5.82 Å². The Morgan fingerprint density at radius 2 is 1.56 bits per heavy atom. The van der Waals surface area contributed by atoms with Crippen molar-refractivity contribution in [3.63, 3.8) is 0 Å². The molecule has 0 radical (unpaired) electrons. The molecule has 0 saturated heterocycles. The van der Waals surface area contributed by atoms with Gasteiger partial charge in [-0.25, -0.2) is 9.97 Å². The summed E-state index contributed by atoms with van der Waals surface area (Å²) in [6.07, 6.45) is 0. The van der Waals surface area contributed by atoms with Crippen LogP contribution in [0.25, 0.3) is 0 Å².